The summed E-state index contributed by atoms with van der Waals surface area (Å²) in [5.74, 6) is -0.0285. The number of rotatable bonds is 4. The van der Waals surface area contributed by atoms with Crippen molar-refractivity contribution in [3.63, 3.8) is 0 Å². The smallest absolute Gasteiger partial charge is 0.327 e. The third-order valence-electron chi connectivity index (χ3n) is 5.32. The van der Waals surface area contributed by atoms with Gasteiger partial charge in [0, 0.05) is 38.6 Å². The van der Waals surface area contributed by atoms with Crippen molar-refractivity contribution < 1.29 is 14.4 Å². The molecule has 2 fully saturated rings. The van der Waals surface area contributed by atoms with E-state index < -0.39 is 5.54 Å². The highest BCUT2D eigenvalue weighted by atomic mass is 35.5. The molecule has 1 aromatic rings. The molecule has 0 unspecified atom stereocenters. The van der Waals surface area contributed by atoms with Crippen molar-refractivity contribution in [2.45, 2.75) is 39.2 Å². The second-order valence-corrected chi connectivity index (χ2v) is 7.99. The maximum atomic E-state index is 13.0. The Kier molecular flexibility index (Phi) is 5.42. The Morgan fingerprint density at radius 3 is 2.48 bits per heavy atom. The molecule has 0 N–H and O–H groups in total. The predicted molar refractivity (Wildman–Crippen MR) is 101 cm³/mol. The fourth-order valence-corrected chi connectivity index (χ4v) is 4.13. The Morgan fingerprint density at radius 2 is 1.93 bits per heavy atom. The molecule has 1 aromatic heterocycles. The molecule has 2 saturated heterocycles. The molecule has 4 amide bonds. The van der Waals surface area contributed by atoms with Gasteiger partial charge in [0.25, 0.3) is 11.8 Å². The molecule has 2 aliphatic rings. The summed E-state index contributed by atoms with van der Waals surface area (Å²) in [5, 5.41) is 0.410. The summed E-state index contributed by atoms with van der Waals surface area (Å²) in [6, 6.07) is 1.38. The lowest BCUT2D eigenvalue weighted by atomic mass is 9.85. The van der Waals surface area contributed by atoms with Crippen LogP contribution < -0.4 is 0 Å². The molecule has 146 valence electrons. The minimum Gasteiger partial charge on any atom is -0.338 e. The summed E-state index contributed by atoms with van der Waals surface area (Å²) in [7, 11) is 0. The Hall–Kier alpha value is -2.15. The number of pyridine rings is 1. The molecule has 0 radical (unpaired) electrons. The second-order valence-electron chi connectivity index (χ2n) is 7.55. The number of carbonyl (C=O) groups excluding carboxylic acids is 3. The van der Waals surface area contributed by atoms with Crippen LogP contribution in [0.5, 0.6) is 0 Å². The highest BCUT2D eigenvalue weighted by Gasteiger charge is 2.57. The van der Waals surface area contributed by atoms with Crippen molar-refractivity contribution >= 4 is 29.4 Å². The number of likely N-dealkylation sites (tertiary alicyclic amines) is 1. The minimum absolute atomic E-state index is 0.132. The van der Waals surface area contributed by atoms with E-state index in [1.807, 2.05) is 20.8 Å². The molecular formula is C19H25ClN4O3. The first-order valence-electron chi connectivity index (χ1n) is 9.33. The lowest BCUT2D eigenvalue weighted by Crippen LogP contribution is -2.58. The largest absolute Gasteiger partial charge is 0.338 e. The fraction of sp³-hybridized carbons (Fsp3) is 0.579. The Morgan fingerprint density at radius 1 is 1.26 bits per heavy atom. The van der Waals surface area contributed by atoms with Gasteiger partial charge in [0.15, 0.2) is 0 Å². The first-order chi connectivity index (χ1) is 12.8. The van der Waals surface area contributed by atoms with Crippen LogP contribution in [-0.2, 0) is 4.79 Å². The molecule has 8 heteroatoms. The van der Waals surface area contributed by atoms with Gasteiger partial charge in [-0.3, -0.25) is 19.5 Å². The van der Waals surface area contributed by atoms with Crippen LogP contribution in [0.15, 0.2) is 18.5 Å². The van der Waals surface area contributed by atoms with Gasteiger partial charge < -0.3 is 9.80 Å². The fourth-order valence-electron chi connectivity index (χ4n) is 3.95. The maximum Gasteiger partial charge on any atom is 0.327 e. The van der Waals surface area contributed by atoms with E-state index in [0.29, 0.717) is 49.6 Å². The SMILES string of the molecule is CCN1C(=O)N(CC(C)C)C2(CCN(C(=O)c3cncc(Cl)c3)CC2)C1=O. The van der Waals surface area contributed by atoms with E-state index in [0.717, 1.165) is 0 Å². The number of imide groups is 1. The lowest BCUT2D eigenvalue weighted by Gasteiger charge is -2.42. The Balaban J connectivity index is 1.80. The summed E-state index contributed by atoms with van der Waals surface area (Å²) < 4.78 is 0. The molecule has 7 nitrogen and oxygen atoms in total. The summed E-state index contributed by atoms with van der Waals surface area (Å²) >= 11 is 5.93. The zero-order valence-corrected chi connectivity index (χ0v) is 16.7. The third kappa shape index (κ3) is 3.40. The van der Waals surface area contributed by atoms with Gasteiger partial charge in [-0.25, -0.2) is 4.79 Å². The standard InChI is InChI=1S/C19H25ClN4O3/c1-4-23-17(26)19(24(18(23)27)12-13(2)3)5-7-22(8-6-19)16(25)14-9-15(20)11-21-10-14/h9-11,13H,4-8,12H2,1-3H3. The number of hydrogen-bond acceptors (Lipinski definition) is 4. The summed E-state index contributed by atoms with van der Waals surface area (Å²) in [4.78, 5) is 47.3. The molecule has 0 atom stereocenters. The van der Waals surface area contributed by atoms with E-state index in [2.05, 4.69) is 4.98 Å². The molecule has 27 heavy (non-hydrogen) atoms. The van der Waals surface area contributed by atoms with Gasteiger partial charge in [0.2, 0.25) is 0 Å². The van der Waals surface area contributed by atoms with E-state index in [4.69, 9.17) is 11.6 Å². The number of likely N-dealkylation sites (N-methyl/N-ethyl adjacent to an activating group) is 1. The summed E-state index contributed by atoms with van der Waals surface area (Å²) in [6.45, 7) is 7.61. The summed E-state index contributed by atoms with van der Waals surface area (Å²) in [5.41, 5.74) is -0.401. The zero-order chi connectivity index (χ0) is 19.8. The molecule has 0 aromatic carbocycles. The van der Waals surface area contributed by atoms with Crippen LogP contribution in [0.4, 0.5) is 4.79 Å². The van der Waals surface area contributed by atoms with Crippen LogP contribution in [0.25, 0.3) is 0 Å². The molecule has 3 rings (SSSR count). The monoisotopic (exact) mass is 392 g/mol. The first-order valence-corrected chi connectivity index (χ1v) is 9.71. The lowest BCUT2D eigenvalue weighted by molar-refractivity contribution is -0.135. The number of amides is 4. The molecule has 2 aliphatic heterocycles. The van der Waals surface area contributed by atoms with Gasteiger partial charge >= 0.3 is 6.03 Å². The van der Waals surface area contributed by atoms with Crippen LogP contribution >= 0.6 is 11.6 Å². The number of nitrogens with zero attached hydrogens (tertiary/aromatic N) is 4. The highest BCUT2D eigenvalue weighted by Crippen LogP contribution is 2.38. The van der Waals surface area contributed by atoms with E-state index in [9.17, 15) is 14.4 Å². The van der Waals surface area contributed by atoms with Crippen molar-refractivity contribution in [1.29, 1.82) is 0 Å². The van der Waals surface area contributed by atoms with E-state index in [1.165, 1.54) is 17.3 Å². The van der Waals surface area contributed by atoms with Crippen LogP contribution in [-0.4, -0.2) is 69.2 Å². The molecule has 0 aliphatic carbocycles. The third-order valence-corrected chi connectivity index (χ3v) is 5.52. The number of piperidine rings is 1. The van der Waals surface area contributed by atoms with E-state index in [1.54, 1.807) is 15.9 Å². The number of urea groups is 1. The van der Waals surface area contributed by atoms with Gasteiger partial charge in [0.05, 0.1) is 10.6 Å². The molecule has 3 heterocycles. The normalized spacial score (nSPS) is 19.5. The van der Waals surface area contributed by atoms with E-state index in [-0.39, 0.29) is 23.8 Å². The maximum absolute atomic E-state index is 13.0. The number of carbonyl (C=O) groups is 3. The average molecular weight is 393 g/mol. The highest BCUT2D eigenvalue weighted by molar-refractivity contribution is 6.30. The van der Waals surface area contributed by atoms with Crippen molar-refractivity contribution in [2.75, 3.05) is 26.2 Å². The number of hydrogen-bond donors (Lipinski definition) is 0. The minimum atomic E-state index is -0.833. The van der Waals surface area contributed by atoms with Crippen LogP contribution in [0, 0.1) is 5.92 Å². The topological polar surface area (TPSA) is 73.8 Å². The molecular weight excluding hydrogens is 368 g/mol. The van der Waals surface area contributed by atoms with Crippen molar-refractivity contribution in [3.05, 3.63) is 29.0 Å². The Labute approximate surface area is 164 Å². The van der Waals surface area contributed by atoms with Gasteiger partial charge in [0.1, 0.15) is 5.54 Å². The van der Waals surface area contributed by atoms with Gasteiger partial charge in [-0.2, -0.15) is 0 Å². The van der Waals surface area contributed by atoms with Gasteiger partial charge in [-0.05, 0) is 31.7 Å². The Bertz CT molecular complexity index is 759. The van der Waals surface area contributed by atoms with Crippen molar-refractivity contribution in [3.8, 4) is 0 Å². The van der Waals surface area contributed by atoms with Crippen molar-refractivity contribution in [2.24, 2.45) is 5.92 Å². The summed E-state index contributed by atoms with van der Waals surface area (Å²) in [6.07, 6.45) is 3.86. The van der Waals surface area contributed by atoms with Crippen LogP contribution in [0.1, 0.15) is 44.0 Å². The van der Waals surface area contributed by atoms with Crippen molar-refractivity contribution in [1.82, 2.24) is 19.7 Å². The van der Waals surface area contributed by atoms with Gasteiger partial charge in [-0.15, -0.1) is 0 Å². The number of aromatic nitrogens is 1. The zero-order valence-electron chi connectivity index (χ0n) is 15.9. The first kappa shape index (κ1) is 19.6. The molecule has 0 saturated carbocycles. The predicted octanol–water partition coefficient (Wildman–Crippen LogP) is 2.65. The second kappa shape index (κ2) is 7.46. The number of halogens is 1. The molecule has 1 spiro atoms. The molecule has 0 bridgehead atoms. The van der Waals surface area contributed by atoms with Gasteiger partial charge in [-0.1, -0.05) is 25.4 Å². The van der Waals surface area contributed by atoms with Crippen LogP contribution in [0.3, 0.4) is 0 Å². The quantitative estimate of drug-likeness (QED) is 0.738. The average Bonchev–Trinajstić information content (AvgIpc) is 2.82. The van der Waals surface area contributed by atoms with Crippen LogP contribution in [0.2, 0.25) is 5.02 Å². The van der Waals surface area contributed by atoms with E-state index >= 15 is 0 Å².